The van der Waals surface area contributed by atoms with Gasteiger partial charge in [-0.2, -0.15) is 0 Å². The van der Waals surface area contributed by atoms with E-state index in [4.69, 9.17) is 0 Å². The fraction of sp³-hybridized carbons (Fsp3) is 0.423. The van der Waals surface area contributed by atoms with Crippen LogP contribution in [0.25, 0.3) is 10.9 Å². The third-order valence-corrected chi connectivity index (χ3v) is 6.99. The zero-order valence-corrected chi connectivity index (χ0v) is 18.5. The number of benzene rings is 2. The van der Waals surface area contributed by atoms with E-state index in [1.54, 1.807) is 6.33 Å². The predicted molar refractivity (Wildman–Crippen MR) is 129 cm³/mol. The molecule has 32 heavy (non-hydrogen) atoms. The van der Waals surface area contributed by atoms with Crippen molar-refractivity contribution in [2.24, 2.45) is 5.92 Å². The normalized spacial score (nSPS) is 20.2. The zero-order chi connectivity index (χ0) is 21.8. The first-order valence-corrected chi connectivity index (χ1v) is 11.9. The molecule has 2 aliphatic rings. The summed E-state index contributed by atoms with van der Waals surface area (Å²) in [5.74, 6) is 1.56. The van der Waals surface area contributed by atoms with E-state index in [1.165, 1.54) is 12.8 Å². The van der Waals surface area contributed by atoms with Gasteiger partial charge in [0.25, 0.3) is 0 Å². The number of fused-ring (bicyclic) bond motifs is 1. The average molecular weight is 430 g/mol. The molecule has 1 atom stereocenters. The number of likely N-dealkylation sites (tertiary alicyclic amines) is 1. The number of amides is 2. The van der Waals surface area contributed by atoms with E-state index >= 15 is 0 Å². The highest BCUT2D eigenvalue weighted by molar-refractivity contribution is 5.90. The molecule has 1 N–H and O–H groups in total. The number of hydrogen-bond donors (Lipinski definition) is 1. The lowest BCUT2D eigenvalue weighted by Gasteiger charge is -2.41. The average Bonchev–Trinajstić information content (AvgIpc) is 3.11. The maximum absolute atomic E-state index is 13.2. The number of carbonyl (C=O) groups is 1. The first kappa shape index (κ1) is 20.7. The number of para-hydroxylation sites is 2. The molecule has 6 heteroatoms. The van der Waals surface area contributed by atoms with Crippen LogP contribution in [0.2, 0.25) is 0 Å². The Morgan fingerprint density at radius 1 is 0.844 bits per heavy atom. The Bertz CT molecular complexity index is 1040. The summed E-state index contributed by atoms with van der Waals surface area (Å²) in [5.41, 5.74) is 1.86. The lowest BCUT2D eigenvalue weighted by molar-refractivity contribution is 0.146. The number of aromatic nitrogens is 2. The highest BCUT2D eigenvalue weighted by Crippen LogP contribution is 2.33. The van der Waals surface area contributed by atoms with Gasteiger partial charge in [0.05, 0.1) is 5.52 Å². The minimum absolute atomic E-state index is 0.0484. The molecule has 0 spiro atoms. The Labute approximate surface area is 189 Å². The van der Waals surface area contributed by atoms with E-state index in [-0.39, 0.29) is 6.03 Å². The second kappa shape index (κ2) is 9.55. The van der Waals surface area contributed by atoms with Gasteiger partial charge in [-0.25, -0.2) is 14.8 Å². The number of hydrogen-bond acceptors (Lipinski definition) is 4. The molecule has 2 aliphatic heterocycles. The predicted octanol–water partition coefficient (Wildman–Crippen LogP) is 5.32. The Hall–Kier alpha value is -3.15. The number of carbonyl (C=O) groups excluding carboxylic acids is 1. The van der Waals surface area contributed by atoms with Crippen molar-refractivity contribution in [2.75, 3.05) is 29.9 Å². The third-order valence-electron chi connectivity index (χ3n) is 6.99. The summed E-state index contributed by atoms with van der Waals surface area (Å²) in [7, 11) is 0. The van der Waals surface area contributed by atoms with Gasteiger partial charge in [-0.15, -0.1) is 0 Å². The van der Waals surface area contributed by atoms with Gasteiger partial charge in [-0.3, -0.25) is 0 Å². The molecular formula is C26H31N5O. The Morgan fingerprint density at radius 3 is 2.47 bits per heavy atom. The molecule has 0 saturated carbocycles. The van der Waals surface area contributed by atoms with Crippen molar-refractivity contribution in [2.45, 2.75) is 44.6 Å². The van der Waals surface area contributed by atoms with Crippen LogP contribution >= 0.6 is 0 Å². The maximum Gasteiger partial charge on any atom is 0.322 e. The summed E-state index contributed by atoms with van der Waals surface area (Å²) >= 11 is 0. The fourth-order valence-electron chi connectivity index (χ4n) is 5.33. The number of anilines is 2. The van der Waals surface area contributed by atoms with Gasteiger partial charge in [0.1, 0.15) is 12.1 Å². The van der Waals surface area contributed by atoms with Crippen LogP contribution in [0.1, 0.15) is 38.5 Å². The summed E-state index contributed by atoms with van der Waals surface area (Å²) in [4.78, 5) is 26.7. The molecule has 2 saturated heterocycles. The smallest absolute Gasteiger partial charge is 0.322 e. The van der Waals surface area contributed by atoms with E-state index in [2.05, 4.69) is 37.2 Å². The second-order valence-electron chi connectivity index (χ2n) is 8.95. The van der Waals surface area contributed by atoms with Crippen LogP contribution < -0.4 is 10.2 Å². The van der Waals surface area contributed by atoms with E-state index in [9.17, 15) is 4.79 Å². The monoisotopic (exact) mass is 429 g/mol. The summed E-state index contributed by atoms with van der Waals surface area (Å²) < 4.78 is 0. The van der Waals surface area contributed by atoms with Crippen molar-refractivity contribution in [3.8, 4) is 0 Å². The van der Waals surface area contributed by atoms with Gasteiger partial charge in [-0.1, -0.05) is 43.2 Å². The largest absolute Gasteiger partial charge is 0.356 e. The molecule has 3 aromatic rings. The third kappa shape index (κ3) is 4.40. The lowest BCUT2D eigenvalue weighted by atomic mass is 9.86. The number of nitrogens with zero attached hydrogens (tertiary/aromatic N) is 4. The maximum atomic E-state index is 13.2. The van der Waals surface area contributed by atoms with Crippen LogP contribution in [-0.4, -0.2) is 46.6 Å². The number of piperidine rings is 1. The quantitative estimate of drug-likeness (QED) is 0.612. The van der Waals surface area contributed by atoms with Crippen molar-refractivity contribution < 1.29 is 4.79 Å². The molecule has 1 aromatic heterocycles. The fourth-order valence-corrected chi connectivity index (χ4v) is 5.33. The first-order chi connectivity index (χ1) is 15.8. The van der Waals surface area contributed by atoms with Gasteiger partial charge in [0.15, 0.2) is 0 Å². The molecule has 166 valence electrons. The van der Waals surface area contributed by atoms with Crippen LogP contribution in [0.15, 0.2) is 60.9 Å². The number of urea groups is 1. The first-order valence-electron chi connectivity index (χ1n) is 11.9. The molecule has 2 aromatic carbocycles. The molecule has 0 aliphatic carbocycles. The Morgan fingerprint density at radius 2 is 1.62 bits per heavy atom. The van der Waals surface area contributed by atoms with E-state index in [1.807, 2.05) is 42.5 Å². The van der Waals surface area contributed by atoms with Gasteiger partial charge < -0.3 is 15.1 Å². The van der Waals surface area contributed by atoms with Gasteiger partial charge in [0, 0.05) is 36.7 Å². The number of nitrogens with one attached hydrogen (secondary N) is 1. The summed E-state index contributed by atoms with van der Waals surface area (Å²) in [6.07, 6.45) is 8.43. The highest BCUT2D eigenvalue weighted by atomic mass is 16.2. The number of rotatable bonds is 3. The molecule has 0 bridgehead atoms. The van der Waals surface area contributed by atoms with Gasteiger partial charge >= 0.3 is 6.03 Å². The Balaban J connectivity index is 1.29. The molecular weight excluding hydrogens is 398 g/mol. The topological polar surface area (TPSA) is 61.4 Å². The van der Waals surface area contributed by atoms with E-state index in [0.717, 1.165) is 67.7 Å². The van der Waals surface area contributed by atoms with E-state index in [0.29, 0.717) is 12.0 Å². The van der Waals surface area contributed by atoms with E-state index < -0.39 is 0 Å². The van der Waals surface area contributed by atoms with Crippen molar-refractivity contribution in [1.29, 1.82) is 0 Å². The summed E-state index contributed by atoms with van der Waals surface area (Å²) in [6.45, 7) is 2.78. The van der Waals surface area contributed by atoms with Crippen LogP contribution in [0.4, 0.5) is 16.3 Å². The zero-order valence-electron chi connectivity index (χ0n) is 18.5. The van der Waals surface area contributed by atoms with Crippen LogP contribution in [-0.2, 0) is 0 Å². The van der Waals surface area contributed by atoms with Gasteiger partial charge in [0.2, 0.25) is 0 Å². The SMILES string of the molecule is O=C(Nc1ccccc1)N1CCCCC[C@H]1C1CCN(c2ncnc3ccccc23)CC1. The minimum atomic E-state index is 0.0484. The minimum Gasteiger partial charge on any atom is -0.356 e. The standard InChI is InChI=1S/C26H31N5O/c32-26(29-21-9-3-1-4-10-21)31-16-8-2-5-13-24(31)20-14-17-30(18-15-20)25-22-11-6-7-12-23(22)27-19-28-25/h1,3-4,6-7,9-12,19-20,24H,2,5,8,13-18H2,(H,29,32)/t24-/m0/s1. The van der Waals surface area contributed by atoms with Crippen LogP contribution in [0.3, 0.4) is 0 Å². The summed E-state index contributed by atoms with van der Waals surface area (Å²) in [6, 6.07) is 18.4. The highest BCUT2D eigenvalue weighted by Gasteiger charge is 2.34. The summed E-state index contributed by atoms with van der Waals surface area (Å²) in [5, 5.41) is 4.24. The van der Waals surface area contributed by atoms with Crippen molar-refractivity contribution >= 4 is 28.4 Å². The van der Waals surface area contributed by atoms with Crippen molar-refractivity contribution in [3.05, 3.63) is 60.9 Å². The molecule has 0 radical (unpaired) electrons. The van der Waals surface area contributed by atoms with Gasteiger partial charge in [-0.05, 0) is 55.9 Å². The molecule has 3 heterocycles. The molecule has 6 nitrogen and oxygen atoms in total. The lowest BCUT2D eigenvalue weighted by Crippen LogP contribution is -2.49. The van der Waals surface area contributed by atoms with Crippen molar-refractivity contribution in [1.82, 2.24) is 14.9 Å². The molecule has 0 unspecified atom stereocenters. The van der Waals surface area contributed by atoms with Crippen LogP contribution in [0, 0.1) is 5.92 Å². The molecule has 2 fully saturated rings. The molecule has 2 amide bonds. The molecule has 5 rings (SSSR count). The van der Waals surface area contributed by atoms with Crippen molar-refractivity contribution in [3.63, 3.8) is 0 Å². The second-order valence-corrected chi connectivity index (χ2v) is 8.95. The van der Waals surface area contributed by atoms with Crippen LogP contribution in [0.5, 0.6) is 0 Å². The Kier molecular flexibility index (Phi) is 6.19.